The van der Waals surface area contributed by atoms with Crippen LogP contribution in [-0.2, 0) is 12.4 Å². The van der Waals surface area contributed by atoms with E-state index >= 15 is 0 Å². The Balaban J connectivity index is 2.34. The molecule has 0 bridgehead atoms. The van der Waals surface area contributed by atoms with Gasteiger partial charge in [0.15, 0.2) is 0 Å². The third-order valence-corrected chi connectivity index (χ3v) is 3.27. The van der Waals surface area contributed by atoms with Crippen molar-refractivity contribution in [1.29, 1.82) is 0 Å². The van der Waals surface area contributed by atoms with E-state index in [4.69, 9.17) is 11.6 Å². The van der Waals surface area contributed by atoms with Crippen LogP contribution >= 0.6 is 11.6 Å². The van der Waals surface area contributed by atoms with Crippen molar-refractivity contribution in [3.63, 3.8) is 0 Å². The first-order valence-electron chi connectivity index (χ1n) is 5.55. The first kappa shape index (κ1) is 13.0. The van der Waals surface area contributed by atoms with Crippen molar-refractivity contribution in [3.05, 3.63) is 52.3 Å². The molecule has 1 heterocycles. The highest BCUT2D eigenvalue weighted by molar-refractivity contribution is 6.17. The minimum absolute atomic E-state index is 0.273. The molecule has 0 spiro atoms. The SMILES string of the molecule is Cc1nn(Cc2ccc(F)cc2F)c(C)c1CCl. The number of halogens is 3. The second-order valence-corrected chi connectivity index (χ2v) is 4.44. The molecule has 0 saturated heterocycles. The summed E-state index contributed by atoms with van der Waals surface area (Å²) in [5, 5.41) is 4.31. The summed E-state index contributed by atoms with van der Waals surface area (Å²) in [6.07, 6.45) is 0. The number of rotatable bonds is 3. The second-order valence-electron chi connectivity index (χ2n) is 4.18. The third-order valence-electron chi connectivity index (χ3n) is 3.00. The Morgan fingerprint density at radius 3 is 2.56 bits per heavy atom. The van der Waals surface area contributed by atoms with Crippen LogP contribution in [0.5, 0.6) is 0 Å². The number of aromatic nitrogens is 2. The zero-order valence-electron chi connectivity index (χ0n) is 10.2. The van der Waals surface area contributed by atoms with Gasteiger partial charge in [-0.3, -0.25) is 4.68 Å². The maximum absolute atomic E-state index is 13.5. The lowest BCUT2D eigenvalue weighted by Gasteiger charge is -2.06. The Kier molecular flexibility index (Phi) is 3.66. The first-order valence-corrected chi connectivity index (χ1v) is 6.09. The number of benzene rings is 1. The van der Waals surface area contributed by atoms with E-state index in [0.717, 1.165) is 23.0 Å². The molecule has 0 fully saturated rings. The number of hydrogen-bond donors (Lipinski definition) is 0. The molecule has 0 aliphatic rings. The quantitative estimate of drug-likeness (QED) is 0.780. The minimum Gasteiger partial charge on any atom is -0.265 e. The highest BCUT2D eigenvalue weighted by Crippen LogP contribution is 2.18. The molecular formula is C13H13ClF2N2. The Morgan fingerprint density at radius 2 is 2.00 bits per heavy atom. The fourth-order valence-electron chi connectivity index (χ4n) is 1.89. The molecule has 18 heavy (non-hydrogen) atoms. The van der Waals surface area contributed by atoms with Crippen molar-refractivity contribution in [2.24, 2.45) is 0 Å². The summed E-state index contributed by atoms with van der Waals surface area (Å²) >= 11 is 5.83. The zero-order valence-corrected chi connectivity index (χ0v) is 10.9. The van der Waals surface area contributed by atoms with Crippen molar-refractivity contribution in [2.45, 2.75) is 26.3 Å². The van der Waals surface area contributed by atoms with Gasteiger partial charge in [0.05, 0.1) is 18.1 Å². The Hall–Kier alpha value is -1.42. The molecule has 0 unspecified atom stereocenters. The summed E-state index contributed by atoms with van der Waals surface area (Å²) in [5.41, 5.74) is 3.11. The summed E-state index contributed by atoms with van der Waals surface area (Å²) in [4.78, 5) is 0. The summed E-state index contributed by atoms with van der Waals surface area (Å²) in [7, 11) is 0. The van der Waals surface area contributed by atoms with E-state index < -0.39 is 11.6 Å². The lowest BCUT2D eigenvalue weighted by atomic mass is 10.2. The van der Waals surface area contributed by atoms with Crippen molar-refractivity contribution in [2.75, 3.05) is 0 Å². The van der Waals surface area contributed by atoms with E-state index in [1.54, 1.807) is 4.68 Å². The molecule has 0 saturated carbocycles. The minimum atomic E-state index is -0.578. The van der Waals surface area contributed by atoms with Gasteiger partial charge in [0.1, 0.15) is 11.6 Å². The van der Waals surface area contributed by atoms with Gasteiger partial charge in [-0.1, -0.05) is 6.07 Å². The predicted molar refractivity (Wildman–Crippen MR) is 66.7 cm³/mol. The lowest BCUT2D eigenvalue weighted by molar-refractivity contribution is 0.555. The summed E-state index contributed by atoms with van der Waals surface area (Å²) in [6, 6.07) is 3.55. The molecule has 0 N–H and O–H groups in total. The van der Waals surface area contributed by atoms with E-state index in [2.05, 4.69) is 5.10 Å². The normalized spacial score (nSPS) is 10.9. The van der Waals surface area contributed by atoms with Crippen LogP contribution in [0.1, 0.15) is 22.5 Å². The van der Waals surface area contributed by atoms with Crippen molar-refractivity contribution in [3.8, 4) is 0 Å². The van der Waals surface area contributed by atoms with Gasteiger partial charge in [-0.2, -0.15) is 5.10 Å². The summed E-state index contributed by atoms with van der Waals surface area (Å²) in [6.45, 7) is 4.02. The van der Waals surface area contributed by atoms with Crippen molar-refractivity contribution < 1.29 is 8.78 Å². The van der Waals surface area contributed by atoms with Gasteiger partial charge in [-0.25, -0.2) is 8.78 Å². The standard InChI is InChI=1S/C13H13ClF2N2/c1-8-12(6-14)9(2)18(17-8)7-10-3-4-11(15)5-13(10)16/h3-5H,6-7H2,1-2H3. The lowest BCUT2D eigenvalue weighted by Crippen LogP contribution is -2.06. The average molecular weight is 271 g/mol. The highest BCUT2D eigenvalue weighted by atomic mass is 35.5. The molecule has 0 atom stereocenters. The van der Waals surface area contributed by atoms with Gasteiger partial charge >= 0.3 is 0 Å². The number of aryl methyl sites for hydroxylation is 1. The van der Waals surface area contributed by atoms with Crippen LogP contribution in [0.4, 0.5) is 8.78 Å². The third kappa shape index (κ3) is 2.38. The molecule has 2 rings (SSSR count). The monoisotopic (exact) mass is 270 g/mol. The van der Waals surface area contributed by atoms with E-state index in [9.17, 15) is 8.78 Å². The maximum Gasteiger partial charge on any atom is 0.131 e. The van der Waals surface area contributed by atoms with Crippen LogP contribution in [0.25, 0.3) is 0 Å². The zero-order chi connectivity index (χ0) is 13.3. The molecule has 0 aliphatic heterocycles. The van der Waals surface area contributed by atoms with Crippen molar-refractivity contribution in [1.82, 2.24) is 9.78 Å². The summed E-state index contributed by atoms with van der Waals surface area (Å²) < 4.78 is 28.0. The molecule has 1 aromatic carbocycles. The fraction of sp³-hybridized carbons (Fsp3) is 0.308. The van der Waals surface area contributed by atoms with Crippen LogP contribution < -0.4 is 0 Å². The van der Waals surface area contributed by atoms with Gasteiger partial charge in [0, 0.05) is 22.9 Å². The smallest absolute Gasteiger partial charge is 0.131 e. The molecule has 0 radical (unpaired) electrons. The van der Waals surface area contributed by atoms with Gasteiger partial charge in [0.25, 0.3) is 0 Å². The largest absolute Gasteiger partial charge is 0.265 e. The van der Waals surface area contributed by atoms with E-state index in [0.29, 0.717) is 11.4 Å². The number of alkyl halides is 1. The highest BCUT2D eigenvalue weighted by Gasteiger charge is 2.12. The van der Waals surface area contributed by atoms with E-state index in [1.165, 1.54) is 12.1 Å². The van der Waals surface area contributed by atoms with Crippen molar-refractivity contribution >= 4 is 11.6 Å². The Labute approximate surface area is 109 Å². The Bertz CT molecular complexity index is 579. The maximum atomic E-state index is 13.5. The molecule has 1 aromatic heterocycles. The van der Waals surface area contributed by atoms with E-state index in [1.807, 2.05) is 13.8 Å². The van der Waals surface area contributed by atoms with Crippen LogP contribution in [0.3, 0.4) is 0 Å². The second kappa shape index (κ2) is 5.06. The molecule has 5 heteroatoms. The molecule has 0 aliphatic carbocycles. The molecule has 96 valence electrons. The first-order chi connectivity index (χ1) is 8.52. The Morgan fingerprint density at radius 1 is 1.28 bits per heavy atom. The average Bonchev–Trinajstić information content (AvgIpc) is 2.58. The summed E-state index contributed by atoms with van der Waals surface area (Å²) in [5.74, 6) is -0.759. The fourth-order valence-corrected chi connectivity index (χ4v) is 2.28. The molecule has 2 nitrogen and oxygen atoms in total. The number of hydrogen-bond acceptors (Lipinski definition) is 1. The van der Waals surface area contributed by atoms with Gasteiger partial charge in [0.2, 0.25) is 0 Å². The number of nitrogens with zero attached hydrogens (tertiary/aromatic N) is 2. The van der Waals surface area contributed by atoms with Crippen LogP contribution in [0.2, 0.25) is 0 Å². The van der Waals surface area contributed by atoms with Gasteiger partial charge < -0.3 is 0 Å². The van der Waals surface area contributed by atoms with E-state index in [-0.39, 0.29) is 6.54 Å². The predicted octanol–water partition coefficient (Wildman–Crippen LogP) is 3.57. The molecule has 2 aromatic rings. The van der Waals surface area contributed by atoms with Crippen LogP contribution in [0, 0.1) is 25.5 Å². The topological polar surface area (TPSA) is 17.8 Å². The van der Waals surface area contributed by atoms with Crippen LogP contribution in [0.15, 0.2) is 18.2 Å². The molecule has 0 amide bonds. The molecular weight excluding hydrogens is 258 g/mol. The van der Waals surface area contributed by atoms with Gasteiger partial charge in [-0.05, 0) is 19.9 Å². The van der Waals surface area contributed by atoms with Gasteiger partial charge in [-0.15, -0.1) is 11.6 Å². The van der Waals surface area contributed by atoms with Crippen LogP contribution in [-0.4, -0.2) is 9.78 Å².